The van der Waals surface area contributed by atoms with Gasteiger partial charge in [0.1, 0.15) is 5.82 Å². The SMILES string of the molecule is Cc1nc(S(=O)(=O)Cc2cscn2)ccc1NCc1c(F)cccc1CN(C)C(C)C. The maximum atomic E-state index is 14.5. The molecule has 0 bridgehead atoms. The third kappa shape index (κ3) is 5.87. The van der Waals surface area contributed by atoms with E-state index in [1.165, 1.54) is 23.5 Å². The van der Waals surface area contributed by atoms with Crippen molar-refractivity contribution in [2.45, 2.75) is 50.7 Å². The number of benzene rings is 1. The lowest BCUT2D eigenvalue weighted by Crippen LogP contribution is -2.26. The summed E-state index contributed by atoms with van der Waals surface area (Å²) in [5, 5.41) is 4.93. The Morgan fingerprint density at radius 1 is 1.23 bits per heavy atom. The Kier molecular flexibility index (Phi) is 7.40. The molecule has 31 heavy (non-hydrogen) atoms. The summed E-state index contributed by atoms with van der Waals surface area (Å²) in [4.78, 5) is 10.5. The highest BCUT2D eigenvalue weighted by atomic mass is 32.2. The molecule has 0 unspecified atom stereocenters. The molecule has 0 saturated heterocycles. The molecule has 0 fully saturated rings. The zero-order chi connectivity index (χ0) is 22.6. The molecule has 9 heteroatoms. The van der Waals surface area contributed by atoms with Crippen molar-refractivity contribution in [2.24, 2.45) is 0 Å². The van der Waals surface area contributed by atoms with Crippen molar-refractivity contribution in [3.8, 4) is 0 Å². The largest absolute Gasteiger partial charge is 0.379 e. The fraction of sp³-hybridized carbons (Fsp3) is 0.364. The number of hydrogen-bond donors (Lipinski definition) is 1. The topological polar surface area (TPSA) is 75.2 Å². The summed E-state index contributed by atoms with van der Waals surface area (Å²) in [5.74, 6) is -0.451. The van der Waals surface area contributed by atoms with Gasteiger partial charge in [-0.2, -0.15) is 0 Å². The van der Waals surface area contributed by atoms with E-state index < -0.39 is 9.84 Å². The number of aryl methyl sites for hydroxylation is 1. The van der Waals surface area contributed by atoms with Crippen LogP contribution < -0.4 is 5.32 Å². The van der Waals surface area contributed by atoms with Crippen molar-refractivity contribution in [1.29, 1.82) is 0 Å². The van der Waals surface area contributed by atoms with E-state index in [9.17, 15) is 12.8 Å². The normalized spacial score (nSPS) is 12.0. The number of pyridine rings is 1. The van der Waals surface area contributed by atoms with Crippen LogP contribution in [0.4, 0.5) is 10.1 Å². The summed E-state index contributed by atoms with van der Waals surface area (Å²) >= 11 is 1.35. The lowest BCUT2D eigenvalue weighted by Gasteiger charge is -2.23. The maximum absolute atomic E-state index is 14.5. The van der Waals surface area contributed by atoms with Gasteiger partial charge >= 0.3 is 0 Å². The van der Waals surface area contributed by atoms with Crippen LogP contribution in [0, 0.1) is 12.7 Å². The van der Waals surface area contributed by atoms with Gasteiger partial charge in [0.05, 0.1) is 28.3 Å². The number of thiazole rings is 1. The second kappa shape index (κ2) is 9.84. The second-order valence-corrected chi connectivity index (χ2v) is 10.4. The summed E-state index contributed by atoms with van der Waals surface area (Å²) in [6.07, 6.45) is 0. The molecule has 0 aliphatic heterocycles. The van der Waals surface area contributed by atoms with Gasteiger partial charge in [0.15, 0.2) is 5.03 Å². The average molecular weight is 463 g/mol. The molecule has 3 aromatic rings. The Labute approximate surface area is 187 Å². The van der Waals surface area contributed by atoms with Crippen molar-refractivity contribution in [2.75, 3.05) is 12.4 Å². The van der Waals surface area contributed by atoms with Crippen LogP contribution in [0.2, 0.25) is 0 Å². The number of hydrogen-bond acceptors (Lipinski definition) is 7. The van der Waals surface area contributed by atoms with Gasteiger partial charge in [0, 0.05) is 30.1 Å². The molecule has 0 amide bonds. The van der Waals surface area contributed by atoms with Crippen molar-refractivity contribution in [3.63, 3.8) is 0 Å². The van der Waals surface area contributed by atoms with Gasteiger partial charge in [-0.3, -0.25) is 4.90 Å². The molecular weight excluding hydrogens is 435 g/mol. The Morgan fingerprint density at radius 3 is 2.65 bits per heavy atom. The van der Waals surface area contributed by atoms with Crippen LogP contribution in [-0.2, 0) is 28.7 Å². The van der Waals surface area contributed by atoms with Gasteiger partial charge in [0.2, 0.25) is 9.84 Å². The predicted molar refractivity (Wildman–Crippen MR) is 122 cm³/mol. The van der Waals surface area contributed by atoms with Gasteiger partial charge in [-0.05, 0) is 51.6 Å². The van der Waals surface area contributed by atoms with Crippen molar-refractivity contribution in [3.05, 3.63) is 69.6 Å². The van der Waals surface area contributed by atoms with Crippen molar-refractivity contribution < 1.29 is 12.8 Å². The van der Waals surface area contributed by atoms with E-state index in [1.807, 2.05) is 13.1 Å². The summed E-state index contributed by atoms with van der Waals surface area (Å²) in [6.45, 7) is 6.84. The Bertz CT molecular complexity index is 1130. The van der Waals surface area contributed by atoms with Gasteiger partial charge in [0.25, 0.3) is 0 Å². The molecule has 6 nitrogen and oxygen atoms in total. The minimum absolute atomic E-state index is 0.00805. The molecule has 0 saturated carbocycles. The van der Waals surface area contributed by atoms with Crippen molar-refractivity contribution in [1.82, 2.24) is 14.9 Å². The first-order valence-electron chi connectivity index (χ1n) is 9.95. The molecule has 1 aromatic carbocycles. The van der Waals surface area contributed by atoms with Crippen LogP contribution >= 0.6 is 11.3 Å². The summed E-state index contributed by atoms with van der Waals surface area (Å²) in [7, 11) is -1.58. The lowest BCUT2D eigenvalue weighted by atomic mass is 10.1. The first kappa shape index (κ1) is 23.3. The molecule has 2 aromatic heterocycles. The van der Waals surface area contributed by atoms with E-state index in [-0.39, 0.29) is 23.1 Å². The first-order valence-corrected chi connectivity index (χ1v) is 12.5. The molecule has 0 atom stereocenters. The zero-order valence-corrected chi connectivity index (χ0v) is 19.7. The minimum Gasteiger partial charge on any atom is -0.379 e. The second-order valence-electron chi connectivity index (χ2n) is 7.76. The van der Waals surface area contributed by atoms with Gasteiger partial charge in [-0.25, -0.2) is 22.8 Å². The third-order valence-electron chi connectivity index (χ3n) is 5.17. The predicted octanol–water partition coefficient (Wildman–Crippen LogP) is 4.41. The van der Waals surface area contributed by atoms with E-state index in [0.717, 1.165) is 5.56 Å². The highest BCUT2D eigenvalue weighted by Crippen LogP contribution is 2.22. The van der Waals surface area contributed by atoms with E-state index in [2.05, 4.69) is 34.0 Å². The lowest BCUT2D eigenvalue weighted by molar-refractivity contribution is 0.264. The Hall–Kier alpha value is -2.36. The molecule has 1 N–H and O–H groups in total. The summed E-state index contributed by atoms with van der Waals surface area (Å²) in [5.41, 5.74) is 4.82. The van der Waals surface area contributed by atoms with E-state index in [1.54, 1.807) is 29.9 Å². The zero-order valence-electron chi connectivity index (χ0n) is 18.1. The maximum Gasteiger partial charge on any atom is 0.201 e. The Balaban J connectivity index is 1.76. The number of sulfone groups is 1. The van der Waals surface area contributed by atoms with E-state index >= 15 is 0 Å². The fourth-order valence-electron chi connectivity index (χ4n) is 3.06. The minimum atomic E-state index is -3.58. The number of nitrogens with one attached hydrogen (secondary N) is 1. The van der Waals surface area contributed by atoms with Crippen LogP contribution in [-0.4, -0.2) is 36.4 Å². The first-order chi connectivity index (χ1) is 14.7. The smallest absolute Gasteiger partial charge is 0.201 e. The third-order valence-corrected chi connectivity index (χ3v) is 7.35. The van der Waals surface area contributed by atoms with E-state index in [4.69, 9.17) is 0 Å². The van der Waals surface area contributed by atoms with Crippen LogP contribution in [0.5, 0.6) is 0 Å². The number of halogens is 1. The summed E-state index contributed by atoms with van der Waals surface area (Å²) < 4.78 is 39.8. The highest BCUT2D eigenvalue weighted by molar-refractivity contribution is 7.90. The highest BCUT2D eigenvalue weighted by Gasteiger charge is 2.19. The quantitative estimate of drug-likeness (QED) is 0.508. The molecule has 0 aliphatic carbocycles. The monoisotopic (exact) mass is 462 g/mol. The molecular formula is C22H27FN4O2S2. The number of rotatable bonds is 9. The standard InChI is InChI=1S/C22H27FN4O2S2/c1-15(2)27(4)11-17-6-5-7-20(23)19(17)10-24-21-8-9-22(26-16(21)3)31(28,29)13-18-12-30-14-25-18/h5-9,12,14-15,24H,10-11,13H2,1-4H3. The number of nitrogens with zero attached hydrogens (tertiary/aromatic N) is 3. The molecule has 0 radical (unpaired) electrons. The Morgan fingerprint density at radius 2 is 2.00 bits per heavy atom. The molecule has 2 heterocycles. The molecule has 0 aliphatic rings. The number of aromatic nitrogens is 2. The molecule has 166 valence electrons. The van der Waals surface area contributed by atoms with Crippen LogP contribution in [0.1, 0.15) is 36.4 Å². The van der Waals surface area contributed by atoms with Crippen LogP contribution in [0.25, 0.3) is 0 Å². The fourth-order valence-corrected chi connectivity index (χ4v) is 4.97. The summed E-state index contributed by atoms with van der Waals surface area (Å²) in [6, 6.07) is 8.60. The van der Waals surface area contributed by atoms with Gasteiger partial charge in [-0.1, -0.05) is 12.1 Å². The molecule has 0 spiro atoms. The van der Waals surface area contributed by atoms with E-state index in [0.29, 0.717) is 35.2 Å². The van der Waals surface area contributed by atoms with Crippen LogP contribution in [0.15, 0.2) is 46.2 Å². The number of anilines is 1. The van der Waals surface area contributed by atoms with Crippen LogP contribution in [0.3, 0.4) is 0 Å². The average Bonchev–Trinajstić information content (AvgIpc) is 3.20. The van der Waals surface area contributed by atoms with Crippen molar-refractivity contribution >= 4 is 26.9 Å². The van der Waals surface area contributed by atoms with Gasteiger partial charge in [-0.15, -0.1) is 11.3 Å². The molecule has 3 rings (SSSR count). The van der Waals surface area contributed by atoms with Gasteiger partial charge < -0.3 is 5.32 Å².